The van der Waals surface area contributed by atoms with Gasteiger partial charge in [-0.05, 0) is 31.2 Å². The first-order valence-electron chi connectivity index (χ1n) is 8.39. The number of benzene rings is 1. The van der Waals surface area contributed by atoms with Gasteiger partial charge in [0.05, 0.1) is 29.9 Å². The Balaban J connectivity index is 1.82. The summed E-state index contributed by atoms with van der Waals surface area (Å²) < 4.78 is 5.23. The van der Waals surface area contributed by atoms with Crippen molar-refractivity contribution in [3.05, 3.63) is 64.0 Å². The van der Waals surface area contributed by atoms with Crippen LogP contribution in [0.5, 0.6) is 0 Å². The summed E-state index contributed by atoms with van der Waals surface area (Å²) in [6.45, 7) is 3.82. The molecule has 0 bridgehead atoms. The summed E-state index contributed by atoms with van der Waals surface area (Å²) in [5.41, 5.74) is 1.29. The number of carbonyl (C=O) groups excluding carboxylic acids is 1. The van der Waals surface area contributed by atoms with Crippen LogP contribution in [0.4, 0.5) is 11.4 Å². The first kappa shape index (κ1) is 17.8. The molecule has 1 aliphatic heterocycles. The lowest BCUT2D eigenvalue weighted by atomic mass is 10.1. The minimum absolute atomic E-state index is 0.133. The zero-order valence-corrected chi connectivity index (χ0v) is 14.4. The topological polar surface area (TPSA) is 97.6 Å². The maximum absolute atomic E-state index is 12.5. The van der Waals surface area contributed by atoms with Crippen molar-refractivity contribution in [1.29, 1.82) is 0 Å². The summed E-state index contributed by atoms with van der Waals surface area (Å²) in [4.78, 5) is 29.5. The molecule has 2 aromatic rings. The minimum atomic E-state index is -0.483. The standard InChI is InChI=1S/C18H20N4O4/c1-13(15-4-2-3-7-19-15)20-16-6-5-14(12-17(16)22(24)25)18(23)21-8-10-26-11-9-21/h2-7,12-13,20H,8-11H2,1H3. The van der Waals surface area contributed by atoms with Crippen molar-refractivity contribution >= 4 is 17.3 Å². The van der Waals surface area contributed by atoms with Crippen LogP contribution in [0.1, 0.15) is 29.0 Å². The summed E-state index contributed by atoms with van der Waals surface area (Å²) in [5, 5.41) is 14.6. The van der Waals surface area contributed by atoms with E-state index in [1.54, 1.807) is 23.2 Å². The Labute approximate surface area is 150 Å². The lowest BCUT2D eigenvalue weighted by molar-refractivity contribution is -0.384. The van der Waals surface area contributed by atoms with Crippen molar-refractivity contribution < 1.29 is 14.5 Å². The highest BCUT2D eigenvalue weighted by atomic mass is 16.6. The maximum atomic E-state index is 12.5. The number of morpholine rings is 1. The quantitative estimate of drug-likeness (QED) is 0.653. The average Bonchev–Trinajstić information content (AvgIpc) is 2.69. The Morgan fingerprint density at radius 3 is 2.73 bits per heavy atom. The Kier molecular flexibility index (Phi) is 5.43. The summed E-state index contributed by atoms with van der Waals surface area (Å²) in [6.07, 6.45) is 1.67. The molecule has 136 valence electrons. The van der Waals surface area contributed by atoms with E-state index in [9.17, 15) is 14.9 Å². The fourth-order valence-electron chi connectivity index (χ4n) is 2.83. The predicted molar refractivity (Wildman–Crippen MR) is 96.1 cm³/mol. The number of rotatable bonds is 5. The molecule has 0 aliphatic carbocycles. The second-order valence-electron chi connectivity index (χ2n) is 6.01. The van der Waals surface area contributed by atoms with Crippen LogP contribution in [0.25, 0.3) is 0 Å². The SMILES string of the molecule is CC(Nc1ccc(C(=O)N2CCOCC2)cc1[N+](=O)[O-])c1ccccn1. The first-order chi connectivity index (χ1) is 12.6. The van der Waals surface area contributed by atoms with Crippen molar-refractivity contribution in [3.63, 3.8) is 0 Å². The van der Waals surface area contributed by atoms with Gasteiger partial charge < -0.3 is 15.0 Å². The lowest BCUT2D eigenvalue weighted by Crippen LogP contribution is -2.40. The van der Waals surface area contributed by atoms with Crippen LogP contribution < -0.4 is 5.32 Å². The molecule has 8 nitrogen and oxygen atoms in total. The monoisotopic (exact) mass is 356 g/mol. The van der Waals surface area contributed by atoms with E-state index in [2.05, 4.69) is 10.3 Å². The second-order valence-corrected chi connectivity index (χ2v) is 6.01. The van der Waals surface area contributed by atoms with Crippen LogP contribution >= 0.6 is 0 Å². The molecule has 0 saturated carbocycles. The number of hydrogen-bond acceptors (Lipinski definition) is 6. The van der Waals surface area contributed by atoms with Crippen LogP contribution in [0.2, 0.25) is 0 Å². The number of anilines is 1. The zero-order chi connectivity index (χ0) is 18.5. The number of pyridine rings is 1. The van der Waals surface area contributed by atoms with E-state index in [-0.39, 0.29) is 17.6 Å². The fraction of sp³-hybridized carbons (Fsp3) is 0.333. The lowest BCUT2D eigenvalue weighted by Gasteiger charge is -2.27. The van der Waals surface area contributed by atoms with E-state index >= 15 is 0 Å². The molecule has 2 heterocycles. The fourth-order valence-corrected chi connectivity index (χ4v) is 2.83. The normalized spacial score (nSPS) is 15.3. The average molecular weight is 356 g/mol. The van der Waals surface area contributed by atoms with Gasteiger partial charge in [0.15, 0.2) is 0 Å². The molecule has 1 saturated heterocycles. The largest absolute Gasteiger partial charge is 0.378 e. The van der Waals surface area contributed by atoms with Gasteiger partial charge in [0.2, 0.25) is 0 Å². The van der Waals surface area contributed by atoms with Gasteiger partial charge in [-0.15, -0.1) is 0 Å². The van der Waals surface area contributed by atoms with Gasteiger partial charge in [-0.1, -0.05) is 6.07 Å². The second kappa shape index (κ2) is 7.92. The van der Waals surface area contributed by atoms with Crippen LogP contribution in [0.15, 0.2) is 42.6 Å². The third kappa shape index (κ3) is 3.97. The molecular formula is C18H20N4O4. The Morgan fingerprint density at radius 2 is 2.08 bits per heavy atom. The van der Waals surface area contributed by atoms with Crippen molar-refractivity contribution in [2.75, 3.05) is 31.6 Å². The molecule has 0 radical (unpaired) electrons. The van der Waals surface area contributed by atoms with Crippen molar-refractivity contribution in [2.24, 2.45) is 0 Å². The molecular weight excluding hydrogens is 336 g/mol. The van der Waals surface area contributed by atoms with E-state index in [0.29, 0.717) is 37.6 Å². The predicted octanol–water partition coefficient (Wildman–Crippen LogP) is 2.64. The zero-order valence-electron chi connectivity index (χ0n) is 14.4. The first-order valence-corrected chi connectivity index (χ1v) is 8.39. The number of ether oxygens (including phenoxy) is 1. The van der Waals surface area contributed by atoms with Gasteiger partial charge in [0.1, 0.15) is 5.69 Å². The van der Waals surface area contributed by atoms with Crippen LogP contribution in [0, 0.1) is 10.1 Å². The van der Waals surface area contributed by atoms with E-state index in [4.69, 9.17) is 4.74 Å². The number of carbonyl (C=O) groups is 1. The molecule has 1 aliphatic rings. The molecule has 1 aromatic carbocycles. The van der Waals surface area contributed by atoms with Crippen LogP contribution in [-0.2, 0) is 4.74 Å². The molecule has 1 atom stereocenters. The van der Waals surface area contributed by atoms with Crippen LogP contribution in [0.3, 0.4) is 0 Å². The summed E-state index contributed by atoms with van der Waals surface area (Å²) in [6, 6.07) is 9.81. The van der Waals surface area contributed by atoms with E-state index in [1.165, 1.54) is 6.07 Å². The van der Waals surface area contributed by atoms with Gasteiger partial charge in [-0.25, -0.2) is 0 Å². The number of amides is 1. The van der Waals surface area contributed by atoms with Gasteiger partial charge in [0, 0.05) is 30.9 Å². The van der Waals surface area contributed by atoms with Gasteiger partial charge >= 0.3 is 0 Å². The number of nitrogens with one attached hydrogen (secondary N) is 1. The van der Waals surface area contributed by atoms with E-state index < -0.39 is 4.92 Å². The number of aromatic nitrogens is 1. The highest BCUT2D eigenvalue weighted by Gasteiger charge is 2.23. The molecule has 1 amide bonds. The van der Waals surface area contributed by atoms with Gasteiger partial charge in [0.25, 0.3) is 11.6 Å². The molecule has 8 heteroatoms. The Morgan fingerprint density at radius 1 is 1.31 bits per heavy atom. The summed E-state index contributed by atoms with van der Waals surface area (Å²) >= 11 is 0. The molecule has 26 heavy (non-hydrogen) atoms. The van der Waals surface area contributed by atoms with E-state index in [1.807, 2.05) is 25.1 Å². The smallest absolute Gasteiger partial charge is 0.293 e. The summed E-state index contributed by atoms with van der Waals surface area (Å²) in [7, 11) is 0. The molecule has 3 rings (SSSR count). The molecule has 1 fully saturated rings. The van der Waals surface area contributed by atoms with Crippen molar-refractivity contribution in [2.45, 2.75) is 13.0 Å². The summed E-state index contributed by atoms with van der Waals surface area (Å²) in [5.74, 6) is -0.222. The minimum Gasteiger partial charge on any atom is -0.378 e. The molecule has 1 N–H and O–H groups in total. The number of nitro groups is 1. The maximum Gasteiger partial charge on any atom is 0.293 e. The number of nitro benzene ring substituents is 1. The van der Waals surface area contributed by atoms with Crippen LogP contribution in [-0.4, -0.2) is 47.0 Å². The van der Waals surface area contributed by atoms with Gasteiger partial charge in [-0.3, -0.25) is 19.9 Å². The molecule has 1 aromatic heterocycles. The van der Waals surface area contributed by atoms with Crippen molar-refractivity contribution in [1.82, 2.24) is 9.88 Å². The van der Waals surface area contributed by atoms with Crippen molar-refractivity contribution in [3.8, 4) is 0 Å². The van der Waals surface area contributed by atoms with Gasteiger partial charge in [-0.2, -0.15) is 0 Å². The number of nitrogens with zero attached hydrogens (tertiary/aromatic N) is 3. The number of hydrogen-bond donors (Lipinski definition) is 1. The Bertz CT molecular complexity index is 791. The highest BCUT2D eigenvalue weighted by molar-refractivity contribution is 5.95. The highest BCUT2D eigenvalue weighted by Crippen LogP contribution is 2.29. The van der Waals surface area contributed by atoms with E-state index in [0.717, 1.165) is 5.69 Å². The Hall–Kier alpha value is -3.00. The molecule has 1 unspecified atom stereocenters. The third-order valence-electron chi connectivity index (χ3n) is 4.24. The molecule has 0 spiro atoms. The third-order valence-corrected chi connectivity index (χ3v) is 4.24.